The van der Waals surface area contributed by atoms with Crippen LogP contribution in [0, 0.1) is 0 Å². The summed E-state index contributed by atoms with van der Waals surface area (Å²) in [4.78, 5) is 0. The van der Waals surface area contributed by atoms with Crippen LogP contribution in [-0.4, -0.2) is 25.1 Å². The van der Waals surface area contributed by atoms with Gasteiger partial charge in [-0.05, 0) is 20.8 Å². The first-order chi connectivity index (χ1) is 8.35. The summed E-state index contributed by atoms with van der Waals surface area (Å²) in [6, 6.07) is 0. The highest BCUT2D eigenvalue weighted by Crippen LogP contribution is 2.21. The van der Waals surface area contributed by atoms with E-state index in [1.54, 1.807) is 4.68 Å². The van der Waals surface area contributed by atoms with Gasteiger partial charge in [-0.3, -0.25) is 9.36 Å². The minimum Gasteiger partial charge on any atom is -0.308 e. The highest BCUT2D eigenvalue weighted by atomic mass is 15.3. The van der Waals surface area contributed by atoms with Crippen LogP contribution in [0.15, 0.2) is 18.6 Å². The van der Waals surface area contributed by atoms with Crippen LogP contribution < -0.4 is 5.32 Å². The number of nitrogens with one attached hydrogen (secondary N) is 1. The minimum absolute atomic E-state index is 0.0993. The first kappa shape index (κ1) is 12.8. The van der Waals surface area contributed by atoms with E-state index in [-0.39, 0.29) is 5.54 Å². The molecule has 0 aliphatic carbocycles. The first-order valence-electron chi connectivity index (χ1n) is 6.12. The highest BCUT2D eigenvalue weighted by molar-refractivity contribution is 5.60. The average molecular weight is 247 g/mol. The molecule has 0 fully saturated rings. The van der Waals surface area contributed by atoms with Crippen LogP contribution in [0.25, 0.3) is 11.3 Å². The third-order valence-corrected chi connectivity index (χ3v) is 2.69. The molecule has 0 aliphatic heterocycles. The lowest BCUT2D eigenvalue weighted by Gasteiger charge is -2.20. The fourth-order valence-electron chi connectivity index (χ4n) is 1.81. The summed E-state index contributed by atoms with van der Waals surface area (Å²) in [5.41, 5.74) is 3.36. The molecule has 18 heavy (non-hydrogen) atoms. The Balaban J connectivity index is 2.26. The van der Waals surface area contributed by atoms with Crippen LogP contribution in [0.5, 0.6) is 0 Å². The van der Waals surface area contributed by atoms with Gasteiger partial charge in [0.1, 0.15) is 0 Å². The van der Waals surface area contributed by atoms with Crippen molar-refractivity contribution in [2.45, 2.75) is 32.9 Å². The number of nitrogens with zero attached hydrogens (tertiary/aromatic N) is 4. The topological polar surface area (TPSA) is 47.7 Å². The number of aryl methyl sites for hydroxylation is 2. The first-order valence-corrected chi connectivity index (χ1v) is 6.12. The molecule has 0 amide bonds. The summed E-state index contributed by atoms with van der Waals surface area (Å²) in [6.07, 6.45) is 5.90. The maximum atomic E-state index is 4.52. The van der Waals surface area contributed by atoms with E-state index in [4.69, 9.17) is 0 Å². The molecule has 2 aromatic rings. The fraction of sp³-hybridized carbons (Fsp3) is 0.538. The molecule has 0 spiro atoms. The van der Waals surface area contributed by atoms with Gasteiger partial charge in [-0.15, -0.1) is 0 Å². The van der Waals surface area contributed by atoms with Gasteiger partial charge in [0.25, 0.3) is 0 Å². The Hall–Kier alpha value is -1.62. The molecular weight excluding hydrogens is 226 g/mol. The lowest BCUT2D eigenvalue weighted by atomic mass is 10.1. The van der Waals surface area contributed by atoms with E-state index in [1.807, 2.05) is 31.2 Å². The molecule has 2 aromatic heterocycles. The van der Waals surface area contributed by atoms with Crippen molar-refractivity contribution in [3.63, 3.8) is 0 Å². The Bertz CT molecular complexity index is 530. The van der Waals surface area contributed by atoms with Gasteiger partial charge < -0.3 is 5.32 Å². The van der Waals surface area contributed by atoms with Crippen molar-refractivity contribution in [3.05, 3.63) is 24.2 Å². The average Bonchev–Trinajstić information content (AvgIpc) is 2.80. The summed E-state index contributed by atoms with van der Waals surface area (Å²) >= 11 is 0. The van der Waals surface area contributed by atoms with Gasteiger partial charge >= 0.3 is 0 Å². The van der Waals surface area contributed by atoms with Crippen LogP contribution in [0.2, 0.25) is 0 Å². The van der Waals surface area contributed by atoms with Crippen molar-refractivity contribution in [3.8, 4) is 11.3 Å². The van der Waals surface area contributed by atoms with Crippen molar-refractivity contribution in [1.82, 2.24) is 24.9 Å². The van der Waals surface area contributed by atoms with Gasteiger partial charge in [0.05, 0.1) is 11.9 Å². The number of rotatable bonds is 3. The minimum atomic E-state index is 0.0993. The van der Waals surface area contributed by atoms with E-state index in [0.29, 0.717) is 0 Å². The standard InChI is InChI=1S/C13H21N5/c1-13(2,3)14-6-10-9-18(5)16-12(10)11-7-15-17(4)8-11/h7-9,14H,6H2,1-5H3. The number of hydrogen-bond donors (Lipinski definition) is 1. The molecule has 5 nitrogen and oxygen atoms in total. The molecule has 0 saturated carbocycles. The Morgan fingerprint density at radius 1 is 1.17 bits per heavy atom. The second kappa shape index (κ2) is 4.57. The van der Waals surface area contributed by atoms with E-state index in [1.165, 1.54) is 5.56 Å². The van der Waals surface area contributed by atoms with Crippen LogP contribution in [0.3, 0.4) is 0 Å². The molecule has 0 unspecified atom stereocenters. The van der Waals surface area contributed by atoms with Crippen molar-refractivity contribution in [2.75, 3.05) is 0 Å². The third kappa shape index (κ3) is 2.98. The third-order valence-electron chi connectivity index (χ3n) is 2.69. The Morgan fingerprint density at radius 2 is 1.89 bits per heavy atom. The number of aromatic nitrogens is 4. The van der Waals surface area contributed by atoms with Gasteiger partial charge in [0.2, 0.25) is 0 Å². The van der Waals surface area contributed by atoms with Crippen molar-refractivity contribution in [1.29, 1.82) is 0 Å². The van der Waals surface area contributed by atoms with Gasteiger partial charge in [0.15, 0.2) is 0 Å². The van der Waals surface area contributed by atoms with Crippen molar-refractivity contribution in [2.24, 2.45) is 14.1 Å². The summed E-state index contributed by atoms with van der Waals surface area (Å²) < 4.78 is 3.65. The molecule has 2 heterocycles. The van der Waals surface area contributed by atoms with Gasteiger partial charge in [-0.25, -0.2) is 0 Å². The summed E-state index contributed by atoms with van der Waals surface area (Å²) in [5, 5.41) is 12.2. The lowest BCUT2D eigenvalue weighted by molar-refractivity contribution is 0.424. The van der Waals surface area contributed by atoms with E-state index in [2.05, 4.69) is 42.5 Å². The van der Waals surface area contributed by atoms with Crippen molar-refractivity contribution < 1.29 is 0 Å². The zero-order valence-corrected chi connectivity index (χ0v) is 11.7. The monoisotopic (exact) mass is 247 g/mol. The lowest BCUT2D eigenvalue weighted by Crippen LogP contribution is -2.35. The van der Waals surface area contributed by atoms with Crippen LogP contribution in [0.1, 0.15) is 26.3 Å². The molecule has 0 radical (unpaired) electrons. The molecule has 1 N–H and O–H groups in total. The molecule has 0 aliphatic rings. The predicted molar refractivity (Wildman–Crippen MR) is 72.0 cm³/mol. The Kier molecular flexibility index (Phi) is 3.26. The molecular formula is C13H21N5. The van der Waals surface area contributed by atoms with Crippen LogP contribution in [0.4, 0.5) is 0 Å². The Morgan fingerprint density at radius 3 is 2.44 bits per heavy atom. The van der Waals surface area contributed by atoms with E-state index in [9.17, 15) is 0 Å². The van der Waals surface area contributed by atoms with Crippen LogP contribution >= 0.6 is 0 Å². The summed E-state index contributed by atoms with van der Waals surface area (Å²) in [5.74, 6) is 0. The molecule has 0 saturated heterocycles. The molecule has 98 valence electrons. The van der Waals surface area contributed by atoms with Gasteiger partial charge in [-0.1, -0.05) is 0 Å². The smallest absolute Gasteiger partial charge is 0.0999 e. The largest absolute Gasteiger partial charge is 0.308 e. The maximum absolute atomic E-state index is 4.52. The van der Waals surface area contributed by atoms with Gasteiger partial charge in [0, 0.05) is 49.7 Å². The number of hydrogen-bond acceptors (Lipinski definition) is 3. The molecule has 0 bridgehead atoms. The van der Waals surface area contributed by atoms with E-state index >= 15 is 0 Å². The van der Waals surface area contributed by atoms with E-state index < -0.39 is 0 Å². The normalized spacial score (nSPS) is 12.1. The van der Waals surface area contributed by atoms with E-state index in [0.717, 1.165) is 17.8 Å². The predicted octanol–water partition coefficient (Wildman–Crippen LogP) is 1.71. The van der Waals surface area contributed by atoms with Crippen LogP contribution in [-0.2, 0) is 20.6 Å². The maximum Gasteiger partial charge on any atom is 0.0999 e. The summed E-state index contributed by atoms with van der Waals surface area (Å²) in [7, 11) is 3.86. The highest BCUT2D eigenvalue weighted by Gasteiger charge is 2.14. The second-order valence-electron chi connectivity index (χ2n) is 5.68. The van der Waals surface area contributed by atoms with Crippen molar-refractivity contribution >= 4 is 0 Å². The quantitative estimate of drug-likeness (QED) is 0.898. The zero-order chi connectivity index (χ0) is 13.3. The molecule has 2 rings (SSSR count). The zero-order valence-electron chi connectivity index (χ0n) is 11.7. The Labute approximate surface area is 108 Å². The van der Waals surface area contributed by atoms with Gasteiger partial charge in [-0.2, -0.15) is 10.2 Å². The molecule has 5 heteroatoms. The molecule has 0 aromatic carbocycles. The second-order valence-corrected chi connectivity index (χ2v) is 5.68. The fourth-order valence-corrected chi connectivity index (χ4v) is 1.81. The molecule has 0 atom stereocenters. The SMILES string of the molecule is Cn1cc(-c2nn(C)cc2CNC(C)(C)C)cn1. The summed E-state index contributed by atoms with van der Waals surface area (Å²) in [6.45, 7) is 7.29.